The maximum Gasteiger partial charge on any atom is 0.193 e. The van der Waals surface area contributed by atoms with Crippen molar-refractivity contribution in [3.63, 3.8) is 0 Å². The summed E-state index contributed by atoms with van der Waals surface area (Å²) in [6, 6.07) is 11.3. The van der Waals surface area contributed by atoms with Gasteiger partial charge in [0, 0.05) is 33.2 Å². The zero-order chi connectivity index (χ0) is 17.2. The van der Waals surface area contributed by atoms with Crippen LogP contribution in [0.25, 0.3) is 0 Å². The summed E-state index contributed by atoms with van der Waals surface area (Å²) in [5.74, 6) is 0.977. The molecule has 0 aromatic heterocycles. The molecule has 0 bridgehead atoms. The van der Waals surface area contributed by atoms with E-state index in [1.165, 1.54) is 50.8 Å². The molecule has 1 heterocycles. The van der Waals surface area contributed by atoms with Crippen LogP contribution in [0.1, 0.15) is 44.6 Å². The normalized spacial score (nSPS) is 18.5. The predicted molar refractivity (Wildman–Crippen MR) is 119 cm³/mol. The van der Waals surface area contributed by atoms with Crippen molar-refractivity contribution in [3.8, 4) is 0 Å². The fraction of sp³-hybridized carbons (Fsp3) is 0.650. The van der Waals surface area contributed by atoms with Crippen LogP contribution >= 0.6 is 24.0 Å². The second-order valence-corrected chi connectivity index (χ2v) is 6.90. The smallest absolute Gasteiger partial charge is 0.193 e. The number of halogens is 1. The number of nitrogens with one attached hydrogen (secondary N) is 1. The molecule has 25 heavy (non-hydrogen) atoms. The lowest BCUT2D eigenvalue weighted by atomic mass is 10.0. The average molecular weight is 458 g/mol. The number of nitrogens with zero attached hydrogens (tertiary/aromatic N) is 3. The molecule has 1 aliphatic rings. The van der Waals surface area contributed by atoms with Gasteiger partial charge < -0.3 is 15.1 Å². The molecule has 1 aliphatic heterocycles. The summed E-state index contributed by atoms with van der Waals surface area (Å²) in [6.07, 6.45) is 6.61. The van der Waals surface area contributed by atoms with Gasteiger partial charge in [0.2, 0.25) is 0 Å². The minimum atomic E-state index is 0. The van der Waals surface area contributed by atoms with Crippen LogP contribution in [-0.4, -0.2) is 55.5 Å². The van der Waals surface area contributed by atoms with Crippen molar-refractivity contribution in [3.05, 3.63) is 35.9 Å². The molecule has 1 fully saturated rings. The topological polar surface area (TPSA) is 30.9 Å². The zero-order valence-electron chi connectivity index (χ0n) is 16.1. The van der Waals surface area contributed by atoms with Crippen LogP contribution in [0.15, 0.2) is 35.3 Å². The molecule has 1 aromatic rings. The maximum absolute atomic E-state index is 4.40. The molecule has 1 aromatic carbocycles. The van der Waals surface area contributed by atoms with E-state index in [-0.39, 0.29) is 24.0 Å². The average Bonchev–Trinajstić information content (AvgIpc) is 2.60. The fourth-order valence-electron chi connectivity index (χ4n) is 3.45. The van der Waals surface area contributed by atoms with E-state index in [1.54, 1.807) is 0 Å². The first kappa shape index (κ1) is 22.2. The minimum Gasteiger partial charge on any atom is -0.356 e. The molecule has 1 saturated heterocycles. The molecule has 5 heteroatoms. The third kappa shape index (κ3) is 7.94. The number of guanidine groups is 1. The van der Waals surface area contributed by atoms with Crippen molar-refractivity contribution in [2.75, 3.05) is 33.7 Å². The Morgan fingerprint density at radius 1 is 1.24 bits per heavy atom. The van der Waals surface area contributed by atoms with E-state index in [2.05, 4.69) is 64.4 Å². The molecular formula is C20H35IN4. The van der Waals surface area contributed by atoms with Gasteiger partial charge in [-0.2, -0.15) is 0 Å². The van der Waals surface area contributed by atoms with Crippen LogP contribution in [0.4, 0.5) is 0 Å². The van der Waals surface area contributed by atoms with Gasteiger partial charge in [0.25, 0.3) is 0 Å². The monoisotopic (exact) mass is 458 g/mol. The van der Waals surface area contributed by atoms with E-state index in [1.807, 2.05) is 7.05 Å². The molecule has 1 atom stereocenters. The van der Waals surface area contributed by atoms with E-state index in [4.69, 9.17) is 0 Å². The lowest BCUT2D eigenvalue weighted by Crippen LogP contribution is -2.40. The Hall–Kier alpha value is -0.820. The Morgan fingerprint density at radius 2 is 2.00 bits per heavy atom. The summed E-state index contributed by atoms with van der Waals surface area (Å²) in [4.78, 5) is 9.24. The summed E-state index contributed by atoms with van der Waals surface area (Å²) in [5, 5.41) is 3.50. The highest BCUT2D eigenvalue weighted by Gasteiger charge is 2.17. The number of piperidine rings is 1. The molecule has 4 nitrogen and oxygen atoms in total. The van der Waals surface area contributed by atoms with Crippen molar-refractivity contribution in [1.29, 1.82) is 0 Å². The highest BCUT2D eigenvalue weighted by Crippen LogP contribution is 2.16. The van der Waals surface area contributed by atoms with Gasteiger partial charge in [-0.3, -0.25) is 4.99 Å². The Balaban J connectivity index is 0.00000312. The predicted octanol–water partition coefficient (Wildman–Crippen LogP) is 3.97. The summed E-state index contributed by atoms with van der Waals surface area (Å²) < 4.78 is 0. The number of unbranched alkanes of at least 4 members (excludes halogenated alkanes) is 1. The number of hydrogen-bond acceptors (Lipinski definition) is 2. The van der Waals surface area contributed by atoms with Gasteiger partial charge in [-0.05, 0) is 51.3 Å². The van der Waals surface area contributed by atoms with E-state index >= 15 is 0 Å². The molecule has 0 radical (unpaired) electrons. The van der Waals surface area contributed by atoms with Gasteiger partial charge in [0.15, 0.2) is 5.96 Å². The fourth-order valence-corrected chi connectivity index (χ4v) is 3.45. The van der Waals surface area contributed by atoms with Crippen molar-refractivity contribution in [1.82, 2.24) is 15.1 Å². The van der Waals surface area contributed by atoms with Gasteiger partial charge in [0.1, 0.15) is 0 Å². The first-order chi connectivity index (χ1) is 11.7. The number of aliphatic imine (C=N–C) groups is 1. The van der Waals surface area contributed by atoms with E-state index in [0.29, 0.717) is 0 Å². The van der Waals surface area contributed by atoms with Crippen molar-refractivity contribution in [2.45, 2.75) is 51.6 Å². The number of rotatable bonds is 7. The molecule has 0 amide bonds. The molecular weight excluding hydrogens is 423 g/mol. The first-order valence-electron chi connectivity index (χ1n) is 9.40. The zero-order valence-corrected chi connectivity index (χ0v) is 18.4. The third-order valence-corrected chi connectivity index (χ3v) is 4.93. The van der Waals surface area contributed by atoms with Crippen LogP contribution in [0.3, 0.4) is 0 Å². The van der Waals surface area contributed by atoms with Gasteiger partial charge in [0.05, 0.1) is 0 Å². The highest BCUT2D eigenvalue weighted by atomic mass is 127. The molecule has 0 spiro atoms. The van der Waals surface area contributed by atoms with Gasteiger partial charge in [-0.1, -0.05) is 36.8 Å². The third-order valence-electron chi connectivity index (χ3n) is 4.93. The van der Waals surface area contributed by atoms with E-state index < -0.39 is 0 Å². The quantitative estimate of drug-likeness (QED) is 0.291. The number of benzene rings is 1. The Labute approximate surface area is 171 Å². The van der Waals surface area contributed by atoms with Crippen LogP contribution in [0.5, 0.6) is 0 Å². The molecule has 1 unspecified atom stereocenters. The lowest BCUT2D eigenvalue weighted by Gasteiger charge is -2.33. The lowest BCUT2D eigenvalue weighted by molar-refractivity contribution is 0.158. The van der Waals surface area contributed by atoms with Crippen molar-refractivity contribution in [2.24, 2.45) is 4.99 Å². The van der Waals surface area contributed by atoms with Crippen molar-refractivity contribution < 1.29 is 0 Å². The Morgan fingerprint density at radius 3 is 2.68 bits per heavy atom. The summed E-state index contributed by atoms with van der Waals surface area (Å²) in [7, 11) is 3.96. The molecule has 142 valence electrons. The Kier molecular flexibility index (Phi) is 11.1. The molecule has 0 saturated carbocycles. The first-order valence-corrected chi connectivity index (χ1v) is 9.40. The second kappa shape index (κ2) is 12.5. The van der Waals surface area contributed by atoms with Crippen LogP contribution in [0, 0.1) is 0 Å². The van der Waals surface area contributed by atoms with Gasteiger partial charge in [-0.25, -0.2) is 0 Å². The van der Waals surface area contributed by atoms with Crippen molar-refractivity contribution >= 4 is 29.9 Å². The SMILES string of the molecule is CN=C(NCCCCN1CCCCC1C)N(C)Cc1ccccc1.I. The molecule has 0 aliphatic carbocycles. The second-order valence-electron chi connectivity index (χ2n) is 6.90. The summed E-state index contributed by atoms with van der Waals surface area (Å²) in [6.45, 7) is 6.77. The highest BCUT2D eigenvalue weighted by molar-refractivity contribution is 14.0. The maximum atomic E-state index is 4.40. The minimum absolute atomic E-state index is 0. The number of likely N-dealkylation sites (tertiary alicyclic amines) is 1. The van der Waals surface area contributed by atoms with E-state index in [0.717, 1.165) is 25.1 Å². The Bertz CT molecular complexity index is 492. The van der Waals surface area contributed by atoms with E-state index in [9.17, 15) is 0 Å². The summed E-state index contributed by atoms with van der Waals surface area (Å²) >= 11 is 0. The summed E-state index contributed by atoms with van der Waals surface area (Å²) in [5.41, 5.74) is 1.31. The molecule has 1 N–H and O–H groups in total. The standard InChI is InChI=1S/C20H34N4.HI/c1-18-11-7-9-15-24(18)16-10-8-14-22-20(21-2)23(3)17-19-12-5-4-6-13-19;/h4-6,12-13,18H,7-11,14-17H2,1-3H3,(H,21,22);1H. The van der Waals surface area contributed by atoms with Gasteiger partial charge >= 0.3 is 0 Å². The van der Waals surface area contributed by atoms with Crippen LogP contribution in [0.2, 0.25) is 0 Å². The van der Waals surface area contributed by atoms with Gasteiger partial charge in [-0.15, -0.1) is 24.0 Å². The largest absolute Gasteiger partial charge is 0.356 e. The van der Waals surface area contributed by atoms with Crippen LogP contribution in [-0.2, 0) is 6.54 Å². The van der Waals surface area contributed by atoms with Crippen LogP contribution < -0.4 is 5.32 Å². The number of hydrogen-bond donors (Lipinski definition) is 1. The molecule has 2 rings (SSSR count).